The summed E-state index contributed by atoms with van der Waals surface area (Å²) < 4.78 is 1.98. The van der Waals surface area contributed by atoms with E-state index in [9.17, 15) is 9.59 Å². The number of benzene rings is 1. The summed E-state index contributed by atoms with van der Waals surface area (Å²) in [5, 5.41) is 9.11. The van der Waals surface area contributed by atoms with Gasteiger partial charge in [0.2, 0.25) is 0 Å². The molecule has 1 saturated carbocycles. The fourth-order valence-electron chi connectivity index (χ4n) is 4.20. The van der Waals surface area contributed by atoms with Crippen LogP contribution < -0.4 is 5.56 Å². The molecule has 0 unspecified atom stereocenters. The molecule has 0 amide bonds. The number of rotatable bonds is 11. The van der Waals surface area contributed by atoms with E-state index in [0.29, 0.717) is 24.9 Å². The number of hydrogen-bond acceptors (Lipinski definition) is 3. The largest absolute Gasteiger partial charge is 0.478 e. The van der Waals surface area contributed by atoms with Crippen LogP contribution in [0.25, 0.3) is 0 Å². The highest BCUT2D eigenvalue weighted by atomic mass is 16.4. The summed E-state index contributed by atoms with van der Waals surface area (Å²) in [5.74, 6) is -0.340. The van der Waals surface area contributed by atoms with Crippen molar-refractivity contribution in [1.29, 1.82) is 0 Å². The summed E-state index contributed by atoms with van der Waals surface area (Å²) in [6, 6.07) is 9.57. The van der Waals surface area contributed by atoms with Crippen molar-refractivity contribution in [3.8, 4) is 0 Å². The average molecular weight is 425 g/mol. The predicted molar refractivity (Wildman–Crippen MR) is 125 cm³/mol. The van der Waals surface area contributed by atoms with Crippen LogP contribution in [0.3, 0.4) is 0 Å². The Bertz CT molecular complexity index is 958. The number of aryl methyl sites for hydroxylation is 2. The molecule has 1 aliphatic carbocycles. The third-order valence-corrected chi connectivity index (χ3v) is 6.58. The molecule has 1 fully saturated rings. The molecular formula is C26H36N2O3. The number of carbonyl (C=O) groups is 1. The van der Waals surface area contributed by atoms with Crippen LogP contribution in [0.4, 0.5) is 0 Å². The Balaban J connectivity index is 1.87. The number of aromatic nitrogens is 1. The van der Waals surface area contributed by atoms with Gasteiger partial charge in [-0.1, -0.05) is 31.9 Å². The van der Waals surface area contributed by atoms with E-state index in [-0.39, 0.29) is 11.1 Å². The number of carboxylic acid groups (broad SMARTS) is 1. The maximum Gasteiger partial charge on any atom is 0.335 e. The van der Waals surface area contributed by atoms with Crippen molar-refractivity contribution in [2.45, 2.75) is 84.3 Å². The molecule has 1 heterocycles. The average Bonchev–Trinajstić information content (AvgIpc) is 3.59. The fraction of sp³-hybridized carbons (Fsp3) is 0.538. The number of pyridine rings is 1. The molecule has 1 aromatic heterocycles. The molecule has 0 radical (unpaired) electrons. The molecule has 2 aromatic rings. The first-order valence-corrected chi connectivity index (χ1v) is 11.6. The van der Waals surface area contributed by atoms with E-state index < -0.39 is 5.97 Å². The fourth-order valence-corrected chi connectivity index (χ4v) is 4.20. The van der Waals surface area contributed by atoms with Crippen LogP contribution in [0.2, 0.25) is 0 Å². The van der Waals surface area contributed by atoms with Gasteiger partial charge in [0.1, 0.15) is 0 Å². The molecule has 5 heteroatoms. The third kappa shape index (κ3) is 5.85. The van der Waals surface area contributed by atoms with Crippen LogP contribution in [0.5, 0.6) is 0 Å². The van der Waals surface area contributed by atoms with Crippen molar-refractivity contribution in [3.63, 3.8) is 0 Å². The molecular weight excluding hydrogens is 388 g/mol. The lowest BCUT2D eigenvalue weighted by molar-refractivity contribution is 0.0697. The number of nitrogens with zero attached hydrogens (tertiary/aromatic N) is 2. The maximum atomic E-state index is 13.1. The van der Waals surface area contributed by atoms with E-state index in [0.717, 1.165) is 29.8 Å². The zero-order valence-electron chi connectivity index (χ0n) is 19.4. The lowest BCUT2D eigenvalue weighted by Crippen LogP contribution is -2.34. The van der Waals surface area contributed by atoms with E-state index >= 15 is 0 Å². The highest BCUT2D eigenvalue weighted by Gasteiger charge is 2.29. The van der Waals surface area contributed by atoms with Gasteiger partial charge in [-0.05, 0) is 81.8 Å². The first kappa shape index (κ1) is 23.3. The monoisotopic (exact) mass is 424 g/mol. The summed E-state index contributed by atoms with van der Waals surface area (Å²) >= 11 is 0. The zero-order chi connectivity index (χ0) is 22.5. The van der Waals surface area contributed by atoms with Crippen LogP contribution in [0.1, 0.15) is 84.6 Å². The lowest BCUT2D eigenvalue weighted by Gasteiger charge is -2.28. The second-order valence-electron chi connectivity index (χ2n) is 9.12. The number of unbranched alkanes of at least 4 members (excludes halogenated alkanes) is 1. The van der Waals surface area contributed by atoms with Gasteiger partial charge in [-0.3, -0.25) is 9.69 Å². The maximum absolute atomic E-state index is 13.1. The van der Waals surface area contributed by atoms with E-state index in [1.165, 1.54) is 31.2 Å². The minimum Gasteiger partial charge on any atom is -0.478 e. The molecule has 0 saturated heterocycles. The predicted octanol–water partition coefficient (Wildman–Crippen LogP) is 4.99. The van der Waals surface area contributed by atoms with Crippen LogP contribution in [-0.4, -0.2) is 33.6 Å². The van der Waals surface area contributed by atoms with Crippen LogP contribution in [-0.2, 0) is 19.5 Å². The molecule has 0 aliphatic heterocycles. The Labute approximate surface area is 185 Å². The third-order valence-electron chi connectivity index (χ3n) is 6.58. The highest BCUT2D eigenvalue weighted by Crippen LogP contribution is 2.42. The Kier molecular flexibility index (Phi) is 7.71. The van der Waals surface area contributed by atoms with Crippen molar-refractivity contribution in [1.82, 2.24) is 9.47 Å². The second-order valence-corrected chi connectivity index (χ2v) is 9.12. The second kappa shape index (κ2) is 10.3. The van der Waals surface area contributed by atoms with Crippen molar-refractivity contribution in [2.24, 2.45) is 0 Å². The first-order chi connectivity index (χ1) is 14.8. The van der Waals surface area contributed by atoms with Gasteiger partial charge >= 0.3 is 5.97 Å². The molecule has 3 rings (SSSR count). The molecule has 1 N–H and O–H groups in total. The van der Waals surface area contributed by atoms with Gasteiger partial charge in [0.25, 0.3) is 5.56 Å². The van der Waals surface area contributed by atoms with Gasteiger partial charge in [0.15, 0.2) is 0 Å². The normalized spacial score (nSPS) is 14.7. The number of aromatic carboxylic acids is 1. The van der Waals surface area contributed by atoms with Crippen LogP contribution in [0.15, 0.2) is 35.1 Å². The summed E-state index contributed by atoms with van der Waals surface area (Å²) in [7, 11) is 2.16. The van der Waals surface area contributed by atoms with Crippen LogP contribution in [0, 0.1) is 6.92 Å². The van der Waals surface area contributed by atoms with Crippen molar-refractivity contribution in [3.05, 3.63) is 68.6 Å². The Morgan fingerprint density at radius 3 is 2.52 bits per heavy atom. The summed E-state index contributed by atoms with van der Waals surface area (Å²) in [4.78, 5) is 26.6. The molecule has 0 bridgehead atoms. The van der Waals surface area contributed by atoms with E-state index in [2.05, 4.69) is 31.9 Å². The van der Waals surface area contributed by atoms with Gasteiger partial charge < -0.3 is 9.67 Å². The van der Waals surface area contributed by atoms with Gasteiger partial charge in [0.05, 0.1) is 5.56 Å². The molecule has 1 aliphatic rings. The molecule has 1 aromatic carbocycles. The van der Waals surface area contributed by atoms with Gasteiger partial charge in [0, 0.05) is 30.4 Å². The van der Waals surface area contributed by atoms with Gasteiger partial charge in [-0.15, -0.1) is 0 Å². The zero-order valence-corrected chi connectivity index (χ0v) is 19.4. The quantitative estimate of drug-likeness (QED) is 0.552. The smallest absolute Gasteiger partial charge is 0.335 e. The first-order valence-electron chi connectivity index (χ1n) is 11.6. The Morgan fingerprint density at radius 1 is 1.26 bits per heavy atom. The Hall–Kier alpha value is -2.40. The summed E-state index contributed by atoms with van der Waals surface area (Å²) in [5.41, 5.74) is 4.74. The van der Waals surface area contributed by atoms with Crippen molar-refractivity contribution < 1.29 is 9.90 Å². The molecule has 168 valence electrons. The molecule has 1 atom stereocenters. The molecule has 5 nitrogen and oxygen atoms in total. The lowest BCUT2D eigenvalue weighted by atomic mass is 10.0. The standard InChI is InChI=1S/C26H36N2O3/c1-5-6-7-19(3)27(4)17-24-23(21-12-13-21)16-18(2)25(29)28(24)15-14-20-8-10-22(11-9-20)26(30)31/h8-11,16,19,21H,5-7,12-15,17H2,1-4H3,(H,30,31)/t19-/m0/s1. The SMILES string of the molecule is CCCC[C@H](C)N(C)Cc1c(C2CC2)cc(C)c(=O)n1CCc1ccc(C(=O)O)cc1. The number of carboxylic acids is 1. The number of hydrogen-bond donors (Lipinski definition) is 1. The summed E-state index contributed by atoms with van der Waals surface area (Å²) in [6.45, 7) is 7.80. The minimum absolute atomic E-state index is 0.0937. The van der Waals surface area contributed by atoms with Crippen molar-refractivity contribution >= 4 is 5.97 Å². The van der Waals surface area contributed by atoms with Gasteiger partial charge in [-0.2, -0.15) is 0 Å². The van der Waals surface area contributed by atoms with E-state index in [1.54, 1.807) is 12.1 Å². The van der Waals surface area contributed by atoms with E-state index in [1.807, 2.05) is 23.6 Å². The minimum atomic E-state index is -0.918. The van der Waals surface area contributed by atoms with Crippen molar-refractivity contribution in [2.75, 3.05) is 7.05 Å². The van der Waals surface area contributed by atoms with Gasteiger partial charge in [-0.25, -0.2) is 4.79 Å². The summed E-state index contributed by atoms with van der Waals surface area (Å²) in [6.07, 6.45) is 6.69. The van der Waals surface area contributed by atoms with E-state index in [4.69, 9.17) is 5.11 Å². The molecule has 31 heavy (non-hydrogen) atoms. The topological polar surface area (TPSA) is 62.5 Å². The van der Waals surface area contributed by atoms with Crippen LogP contribution >= 0.6 is 0 Å². The highest BCUT2D eigenvalue weighted by molar-refractivity contribution is 5.87. The Morgan fingerprint density at radius 2 is 1.94 bits per heavy atom. The molecule has 0 spiro atoms.